The van der Waals surface area contributed by atoms with Crippen LogP contribution in [0.2, 0.25) is 10.0 Å². The molecule has 2 nitrogen and oxygen atoms in total. The number of nitrogens with zero attached hydrogens (tertiary/aromatic N) is 1. The number of hydrogen-bond donors (Lipinski definition) is 1. The average molecular weight is 260 g/mol. The van der Waals surface area contributed by atoms with E-state index in [0.29, 0.717) is 23.1 Å². The van der Waals surface area contributed by atoms with Crippen LogP contribution in [0.3, 0.4) is 0 Å². The fraction of sp³-hybridized carbons (Fsp3) is 0.500. The second-order valence-corrected chi connectivity index (χ2v) is 5.22. The molecule has 2 rings (SSSR count). The molecule has 0 bridgehead atoms. The van der Waals surface area contributed by atoms with Crippen molar-refractivity contribution in [2.75, 3.05) is 13.1 Å². The summed E-state index contributed by atoms with van der Waals surface area (Å²) in [6.45, 7) is 4.18. The number of rotatable bonds is 3. The van der Waals surface area contributed by atoms with E-state index in [9.17, 15) is 5.11 Å². The van der Waals surface area contributed by atoms with E-state index in [1.54, 1.807) is 6.07 Å². The van der Waals surface area contributed by atoms with Crippen molar-refractivity contribution in [3.05, 3.63) is 33.8 Å². The van der Waals surface area contributed by atoms with Gasteiger partial charge in [-0.15, -0.1) is 0 Å². The summed E-state index contributed by atoms with van der Waals surface area (Å²) >= 11 is 12.0. The zero-order chi connectivity index (χ0) is 11.8. The maximum Gasteiger partial charge on any atom is 0.0897 e. The molecule has 0 atom stereocenters. The lowest BCUT2D eigenvalue weighted by Crippen LogP contribution is -2.60. The van der Waals surface area contributed by atoms with Crippen molar-refractivity contribution in [1.29, 1.82) is 0 Å². The number of aliphatic hydroxyl groups is 1. The average Bonchev–Trinajstić information content (AvgIpc) is 2.22. The minimum atomic E-state index is -0.495. The summed E-state index contributed by atoms with van der Waals surface area (Å²) in [6.07, 6.45) is 0.798. The van der Waals surface area contributed by atoms with Crippen molar-refractivity contribution in [2.24, 2.45) is 0 Å². The van der Waals surface area contributed by atoms with Gasteiger partial charge in [0.1, 0.15) is 0 Å². The first-order valence-corrected chi connectivity index (χ1v) is 6.17. The van der Waals surface area contributed by atoms with Crippen LogP contribution in [0.4, 0.5) is 0 Å². The van der Waals surface area contributed by atoms with E-state index in [4.69, 9.17) is 23.2 Å². The lowest BCUT2D eigenvalue weighted by molar-refractivity contribution is -0.103. The van der Waals surface area contributed by atoms with Crippen LogP contribution in [0.15, 0.2) is 18.2 Å². The van der Waals surface area contributed by atoms with Crippen LogP contribution in [0, 0.1) is 0 Å². The van der Waals surface area contributed by atoms with Crippen LogP contribution in [0.25, 0.3) is 0 Å². The second kappa shape index (κ2) is 4.53. The van der Waals surface area contributed by atoms with Gasteiger partial charge in [0.15, 0.2) is 0 Å². The van der Waals surface area contributed by atoms with Gasteiger partial charge < -0.3 is 5.11 Å². The van der Waals surface area contributed by atoms with Crippen LogP contribution >= 0.6 is 23.2 Å². The molecule has 1 aliphatic heterocycles. The Labute approximate surface area is 106 Å². The first kappa shape index (κ1) is 12.2. The molecule has 1 heterocycles. The molecule has 1 N–H and O–H groups in total. The number of benzene rings is 1. The van der Waals surface area contributed by atoms with Crippen molar-refractivity contribution in [1.82, 2.24) is 4.90 Å². The number of halogens is 2. The molecule has 0 unspecified atom stereocenters. The number of likely N-dealkylation sites (tertiary alicyclic amines) is 1. The Balaban J connectivity index is 1.99. The van der Waals surface area contributed by atoms with Crippen LogP contribution in [0.5, 0.6) is 0 Å². The normalized spacial score (nSPS) is 19.5. The van der Waals surface area contributed by atoms with Gasteiger partial charge in [0.25, 0.3) is 0 Å². The minimum absolute atomic E-state index is 0.495. The van der Waals surface area contributed by atoms with E-state index >= 15 is 0 Å². The Morgan fingerprint density at radius 2 is 2.06 bits per heavy atom. The smallest absolute Gasteiger partial charge is 0.0897 e. The van der Waals surface area contributed by atoms with E-state index in [0.717, 1.165) is 18.5 Å². The second-order valence-electron chi connectivity index (χ2n) is 4.44. The van der Waals surface area contributed by atoms with Gasteiger partial charge in [0.2, 0.25) is 0 Å². The molecule has 0 radical (unpaired) electrons. The summed E-state index contributed by atoms with van der Waals surface area (Å²) in [7, 11) is 0. The predicted molar refractivity (Wildman–Crippen MR) is 67.0 cm³/mol. The molecule has 88 valence electrons. The third-order valence-electron chi connectivity index (χ3n) is 3.12. The van der Waals surface area contributed by atoms with Gasteiger partial charge in [0.05, 0.1) is 15.6 Å². The summed E-state index contributed by atoms with van der Waals surface area (Å²) < 4.78 is 0. The summed E-state index contributed by atoms with van der Waals surface area (Å²) in [5, 5.41) is 11.1. The van der Waals surface area contributed by atoms with Crippen molar-refractivity contribution in [3.8, 4) is 0 Å². The highest BCUT2D eigenvalue weighted by Gasteiger charge is 2.39. The summed E-state index contributed by atoms with van der Waals surface area (Å²) in [5.41, 5.74) is 0.526. The molecule has 0 saturated carbocycles. The summed E-state index contributed by atoms with van der Waals surface area (Å²) in [5.74, 6) is 0. The molecule has 0 aliphatic carbocycles. The SMILES string of the molecule is CCC1(O)CN(Cc2cccc(Cl)c2Cl)C1. The van der Waals surface area contributed by atoms with E-state index in [2.05, 4.69) is 4.90 Å². The van der Waals surface area contributed by atoms with Gasteiger partial charge in [0, 0.05) is 19.6 Å². The zero-order valence-corrected chi connectivity index (χ0v) is 10.7. The van der Waals surface area contributed by atoms with Gasteiger partial charge in [-0.05, 0) is 18.1 Å². The van der Waals surface area contributed by atoms with Crippen molar-refractivity contribution < 1.29 is 5.11 Å². The molecule has 1 aromatic rings. The molecule has 1 aromatic carbocycles. The van der Waals surface area contributed by atoms with Gasteiger partial charge >= 0.3 is 0 Å². The minimum Gasteiger partial charge on any atom is -0.387 e. The summed E-state index contributed by atoms with van der Waals surface area (Å²) in [4.78, 5) is 2.17. The Morgan fingerprint density at radius 3 is 2.69 bits per heavy atom. The quantitative estimate of drug-likeness (QED) is 0.903. The van der Waals surface area contributed by atoms with E-state index < -0.39 is 5.60 Å². The standard InChI is InChI=1S/C12H15Cl2NO/c1-2-12(16)7-15(8-12)6-9-4-3-5-10(13)11(9)14/h3-5,16H,2,6-8H2,1H3. The Kier molecular flexibility index (Phi) is 3.45. The van der Waals surface area contributed by atoms with Gasteiger partial charge in [-0.3, -0.25) is 4.90 Å². The molecule has 16 heavy (non-hydrogen) atoms. The molecule has 1 aliphatic rings. The van der Waals surface area contributed by atoms with E-state index in [-0.39, 0.29) is 0 Å². The third kappa shape index (κ3) is 2.35. The van der Waals surface area contributed by atoms with Gasteiger partial charge in [-0.2, -0.15) is 0 Å². The maximum atomic E-state index is 9.89. The van der Waals surface area contributed by atoms with Crippen LogP contribution < -0.4 is 0 Å². The van der Waals surface area contributed by atoms with Gasteiger partial charge in [-0.1, -0.05) is 42.3 Å². The zero-order valence-electron chi connectivity index (χ0n) is 9.21. The molecule has 4 heteroatoms. The highest BCUT2D eigenvalue weighted by Crippen LogP contribution is 2.30. The molecular weight excluding hydrogens is 245 g/mol. The Morgan fingerprint density at radius 1 is 1.38 bits per heavy atom. The lowest BCUT2D eigenvalue weighted by Gasteiger charge is -2.46. The van der Waals surface area contributed by atoms with Crippen LogP contribution in [0.1, 0.15) is 18.9 Å². The number of β-amino-alcohol motifs (C(OH)–C–C–N with tert-alkyl or cyclic N) is 1. The molecular formula is C12H15Cl2NO. The first-order valence-electron chi connectivity index (χ1n) is 5.42. The van der Waals surface area contributed by atoms with Crippen molar-refractivity contribution in [2.45, 2.75) is 25.5 Å². The molecule has 0 amide bonds. The Bertz CT molecular complexity index is 389. The topological polar surface area (TPSA) is 23.5 Å². The molecule has 0 aromatic heterocycles. The third-order valence-corrected chi connectivity index (χ3v) is 3.98. The van der Waals surface area contributed by atoms with Gasteiger partial charge in [-0.25, -0.2) is 0 Å². The highest BCUT2D eigenvalue weighted by molar-refractivity contribution is 6.42. The maximum absolute atomic E-state index is 9.89. The van der Waals surface area contributed by atoms with Crippen molar-refractivity contribution >= 4 is 23.2 Å². The molecule has 1 saturated heterocycles. The molecule has 0 spiro atoms. The van der Waals surface area contributed by atoms with Crippen LogP contribution in [-0.2, 0) is 6.54 Å². The monoisotopic (exact) mass is 259 g/mol. The predicted octanol–water partition coefficient (Wildman–Crippen LogP) is 2.95. The Hall–Kier alpha value is -0.280. The van der Waals surface area contributed by atoms with Crippen LogP contribution in [-0.4, -0.2) is 28.7 Å². The fourth-order valence-electron chi connectivity index (χ4n) is 2.03. The lowest BCUT2D eigenvalue weighted by atomic mass is 9.91. The fourth-order valence-corrected chi connectivity index (χ4v) is 2.41. The highest BCUT2D eigenvalue weighted by atomic mass is 35.5. The van der Waals surface area contributed by atoms with E-state index in [1.165, 1.54) is 0 Å². The molecule has 1 fully saturated rings. The summed E-state index contributed by atoms with van der Waals surface area (Å²) in [6, 6.07) is 5.65. The number of hydrogen-bond acceptors (Lipinski definition) is 2. The first-order chi connectivity index (χ1) is 7.54. The van der Waals surface area contributed by atoms with E-state index in [1.807, 2.05) is 19.1 Å². The largest absolute Gasteiger partial charge is 0.387 e. The van der Waals surface area contributed by atoms with Crippen molar-refractivity contribution in [3.63, 3.8) is 0 Å².